The number of nitrogens with one attached hydrogen (secondary N) is 2. The average Bonchev–Trinajstić information content (AvgIpc) is 2.56. The molecular weight excluding hydrogens is 216 g/mol. The molecule has 0 aliphatic carbocycles. The van der Waals surface area contributed by atoms with Crippen molar-refractivity contribution in [3.8, 4) is 0 Å². The molecule has 1 saturated heterocycles. The summed E-state index contributed by atoms with van der Waals surface area (Å²) in [5.41, 5.74) is 1.69. The first-order valence-electron chi connectivity index (χ1n) is 6.05. The van der Waals surface area contributed by atoms with E-state index in [1.807, 2.05) is 11.3 Å². The van der Waals surface area contributed by atoms with E-state index >= 15 is 0 Å². The van der Waals surface area contributed by atoms with Gasteiger partial charge in [-0.2, -0.15) is 0 Å². The van der Waals surface area contributed by atoms with Crippen LogP contribution < -0.4 is 10.6 Å². The van der Waals surface area contributed by atoms with Crippen molar-refractivity contribution >= 4 is 11.3 Å². The van der Waals surface area contributed by atoms with Crippen molar-refractivity contribution in [3.63, 3.8) is 0 Å². The van der Waals surface area contributed by atoms with Gasteiger partial charge in [-0.15, -0.1) is 11.3 Å². The van der Waals surface area contributed by atoms with Gasteiger partial charge in [0.2, 0.25) is 0 Å². The van der Waals surface area contributed by atoms with Gasteiger partial charge in [0.15, 0.2) is 0 Å². The van der Waals surface area contributed by atoms with E-state index in [0.29, 0.717) is 0 Å². The second kappa shape index (κ2) is 4.86. The Kier molecular flexibility index (Phi) is 3.67. The van der Waals surface area contributed by atoms with Gasteiger partial charge in [-0.3, -0.25) is 0 Å². The fraction of sp³-hybridized carbons (Fsp3) is 0.692. The van der Waals surface area contributed by atoms with Crippen molar-refractivity contribution in [2.75, 3.05) is 26.2 Å². The summed E-state index contributed by atoms with van der Waals surface area (Å²) in [7, 11) is 0. The summed E-state index contributed by atoms with van der Waals surface area (Å²) in [6.07, 6.45) is 0. The van der Waals surface area contributed by atoms with E-state index in [-0.39, 0.29) is 5.41 Å². The Morgan fingerprint density at radius 3 is 2.75 bits per heavy atom. The van der Waals surface area contributed by atoms with Gasteiger partial charge in [0, 0.05) is 36.5 Å². The first-order chi connectivity index (χ1) is 7.59. The minimum atomic E-state index is 0.259. The highest BCUT2D eigenvalue weighted by Gasteiger charge is 2.24. The molecule has 0 bridgehead atoms. The maximum atomic E-state index is 3.61. The molecule has 0 atom stereocenters. The van der Waals surface area contributed by atoms with Crippen molar-refractivity contribution < 1.29 is 0 Å². The van der Waals surface area contributed by atoms with Crippen LogP contribution in [0, 0.1) is 12.8 Å². The molecule has 2 nitrogen and oxygen atoms in total. The molecule has 0 spiro atoms. The molecule has 2 heterocycles. The molecule has 0 aromatic carbocycles. The Balaban J connectivity index is 1.84. The first kappa shape index (κ1) is 12.1. The molecule has 0 saturated carbocycles. The van der Waals surface area contributed by atoms with Gasteiger partial charge in [-0.05, 0) is 29.9 Å². The third-order valence-corrected chi connectivity index (χ3v) is 4.73. The predicted octanol–water partition coefficient (Wildman–Crippen LogP) is 2.14. The number of aryl methyl sites for hydroxylation is 1. The van der Waals surface area contributed by atoms with Crippen LogP contribution in [0.3, 0.4) is 0 Å². The van der Waals surface area contributed by atoms with Crippen LogP contribution >= 0.6 is 11.3 Å². The van der Waals surface area contributed by atoms with Crippen molar-refractivity contribution in [1.82, 2.24) is 10.6 Å². The minimum Gasteiger partial charge on any atom is -0.316 e. The van der Waals surface area contributed by atoms with Crippen molar-refractivity contribution in [1.29, 1.82) is 0 Å². The van der Waals surface area contributed by atoms with Crippen LogP contribution in [-0.2, 0) is 5.41 Å². The first-order valence-corrected chi connectivity index (χ1v) is 6.93. The standard InChI is InChI=1S/C13H22N2S/c1-10-4-5-16-12(10)13(2,3)9-15-8-11-6-14-7-11/h4-5,11,14-15H,6-9H2,1-3H3. The summed E-state index contributed by atoms with van der Waals surface area (Å²) < 4.78 is 0. The van der Waals surface area contributed by atoms with Crippen LogP contribution in [-0.4, -0.2) is 26.2 Å². The maximum absolute atomic E-state index is 3.61. The highest BCUT2D eigenvalue weighted by atomic mass is 32.1. The van der Waals surface area contributed by atoms with Gasteiger partial charge in [-0.25, -0.2) is 0 Å². The van der Waals surface area contributed by atoms with Gasteiger partial charge in [0.25, 0.3) is 0 Å². The maximum Gasteiger partial charge on any atom is 0.0143 e. The van der Waals surface area contributed by atoms with Crippen molar-refractivity contribution in [3.05, 3.63) is 21.9 Å². The fourth-order valence-corrected chi connectivity index (χ4v) is 3.28. The summed E-state index contributed by atoms with van der Waals surface area (Å²) in [4.78, 5) is 1.52. The molecule has 1 aromatic heterocycles. The Hall–Kier alpha value is -0.380. The normalized spacial score (nSPS) is 17.4. The molecule has 1 aliphatic heterocycles. The van der Waals surface area contributed by atoms with Gasteiger partial charge >= 0.3 is 0 Å². The molecule has 1 fully saturated rings. The molecule has 0 amide bonds. The van der Waals surface area contributed by atoms with Crippen LogP contribution in [0.4, 0.5) is 0 Å². The molecule has 2 rings (SSSR count). The number of hydrogen-bond acceptors (Lipinski definition) is 3. The second-order valence-corrected chi connectivity index (χ2v) is 6.39. The summed E-state index contributed by atoms with van der Waals surface area (Å²) in [6.45, 7) is 11.5. The van der Waals surface area contributed by atoms with Crippen LogP contribution in [0.25, 0.3) is 0 Å². The van der Waals surface area contributed by atoms with Crippen LogP contribution in [0.2, 0.25) is 0 Å². The fourth-order valence-electron chi connectivity index (χ4n) is 2.23. The second-order valence-electron chi connectivity index (χ2n) is 5.47. The molecule has 1 aliphatic rings. The Bertz CT molecular complexity index is 339. The molecule has 2 N–H and O–H groups in total. The van der Waals surface area contributed by atoms with E-state index in [0.717, 1.165) is 19.0 Å². The lowest BCUT2D eigenvalue weighted by Gasteiger charge is -2.30. The molecule has 3 heteroatoms. The summed E-state index contributed by atoms with van der Waals surface area (Å²) in [5.74, 6) is 0.847. The lowest BCUT2D eigenvalue weighted by molar-refractivity contribution is 0.320. The predicted molar refractivity (Wildman–Crippen MR) is 71.3 cm³/mol. The molecule has 0 radical (unpaired) electrons. The van der Waals surface area contributed by atoms with Gasteiger partial charge in [0.05, 0.1) is 0 Å². The molecule has 1 aromatic rings. The highest BCUT2D eigenvalue weighted by molar-refractivity contribution is 7.10. The van der Waals surface area contributed by atoms with Crippen LogP contribution in [0.1, 0.15) is 24.3 Å². The van der Waals surface area contributed by atoms with E-state index in [4.69, 9.17) is 0 Å². The van der Waals surface area contributed by atoms with Gasteiger partial charge < -0.3 is 10.6 Å². The SMILES string of the molecule is Cc1ccsc1C(C)(C)CNCC1CNC1. The minimum absolute atomic E-state index is 0.259. The summed E-state index contributed by atoms with van der Waals surface area (Å²) in [5, 5.41) is 9.11. The Morgan fingerprint density at radius 2 is 2.25 bits per heavy atom. The average molecular weight is 238 g/mol. The van der Waals surface area contributed by atoms with Crippen LogP contribution in [0.5, 0.6) is 0 Å². The zero-order valence-corrected chi connectivity index (χ0v) is 11.3. The Labute approximate surface area is 102 Å². The molecule has 16 heavy (non-hydrogen) atoms. The molecule has 90 valence electrons. The van der Waals surface area contributed by atoms with E-state index in [1.165, 1.54) is 23.5 Å². The highest BCUT2D eigenvalue weighted by Crippen LogP contribution is 2.30. The number of thiophene rings is 1. The van der Waals surface area contributed by atoms with Crippen molar-refractivity contribution in [2.24, 2.45) is 5.92 Å². The zero-order valence-electron chi connectivity index (χ0n) is 10.5. The largest absolute Gasteiger partial charge is 0.316 e. The quantitative estimate of drug-likeness (QED) is 0.821. The summed E-state index contributed by atoms with van der Waals surface area (Å²) >= 11 is 1.88. The molecule has 0 unspecified atom stereocenters. The zero-order chi connectivity index (χ0) is 11.6. The molecular formula is C13H22N2S. The van der Waals surface area contributed by atoms with E-state index in [2.05, 4.69) is 42.9 Å². The summed E-state index contributed by atoms with van der Waals surface area (Å²) in [6, 6.07) is 2.22. The van der Waals surface area contributed by atoms with E-state index in [1.54, 1.807) is 0 Å². The number of hydrogen-bond donors (Lipinski definition) is 2. The van der Waals surface area contributed by atoms with Gasteiger partial charge in [0.1, 0.15) is 0 Å². The smallest absolute Gasteiger partial charge is 0.0143 e. The topological polar surface area (TPSA) is 24.1 Å². The van der Waals surface area contributed by atoms with Crippen LogP contribution in [0.15, 0.2) is 11.4 Å². The number of rotatable bonds is 5. The van der Waals surface area contributed by atoms with Crippen molar-refractivity contribution in [2.45, 2.75) is 26.2 Å². The lowest BCUT2D eigenvalue weighted by Crippen LogP contribution is -2.48. The third kappa shape index (κ3) is 2.65. The Morgan fingerprint density at radius 1 is 1.50 bits per heavy atom. The van der Waals surface area contributed by atoms with E-state index in [9.17, 15) is 0 Å². The monoisotopic (exact) mass is 238 g/mol. The van der Waals surface area contributed by atoms with E-state index < -0.39 is 0 Å². The third-order valence-electron chi connectivity index (χ3n) is 3.34. The van der Waals surface area contributed by atoms with Gasteiger partial charge in [-0.1, -0.05) is 13.8 Å². The lowest BCUT2D eigenvalue weighted by atomic mass is 9.89.